The minimum atomic E-state index is 0.213. The van der Waals surface area contributed by atoms with E-state index < -0.39 is 0 Å². The number of carbonyl (C=O) groups is 1. The maximum absolute atomic E-state index is 12.5. The number of aryl methyl sites for hydroxylation is 1. The van der Waals surface area contributed by atoms with Crippen LogP contribution in [0.15, 0.2) is 41.8 Å². The molecule has 1 saturated heterocycles. The third-order valence-corrected chi connectivity index (χ3v) is 6.24. The van der Waals surface area contributed by atoms with Crippen molar-refractivity contribution in [1.82, 2.24) is 9.80 Å². The molecule has 4 rings (SSSR count). The molecule has 24 heavy (non-hydrogen) atoms. The SMILES string of the molecule is O=C(c1cccs1)N1CCC(N2CCCc3ccccc3C2)CC1. The predicted molar refractivity (Wildman–Crippen MR) is 98.4 cm³/mol. The highest BCUT2D eigenvalue weighted by atomic mass is 32.1. The van der Waals surface area contributed by atoms with Gasteiger partial charge in [0.05, 0.1) is 4.88 Å². The molecule has 0 bridgehead atoms. The second-order valence-electron chi connectivity index (χ2n) is 6.84. The topological polar surface area (TPSA) is 23.6 Å². The number of fused-ring (bicyclic) bond motifs is 1. The summed E-state index contributed by atoms with van der Waals surface area (Å²) in [5, 5.41) is 1.98. The van der Waals surface area contributed by atoms with Crippen LogP contribution >= 0.6 is 11.3 Å². The Morgan fingerprint density at radius 1 is 1.00 bits per heavy atom. The third kappa shape index (κ3) is 3.26. The molecule has 2 aliphatic rings. The van der Waals surface area contributed by atoms with Crippen molar-refractivity contribution in [2.45, 2.75) is 38.3 Å². The Bertz CT molecular complexity index is 689. The summed E-state index contributed by atoms with van der Waals surface area (Å²) in [7, 11) is 0. The van der Waals surface area contributed by atoms with Gasteiger partial charge in [0.25, 0.3) is 5.91 Å². The molecule has 0 spiro atoms. The van der Waals surface area contributed by atoms with E-state index in [9.17, 15) is 4.79 Å². The maximum atomic E-state index is 12.5. The summed E-state index contributed by atoms with van der Waals surface area (Å²) in [6, 6.07) is 13.4. The molecule has 126 valence electrons. The van der Waals surface area contributed by atoms with Gasteiger partial charge in [0.15, 0.2) is 0 Å². The number of thiophene rings is 1. The van der Waals surface area contributed by atoms with Gasteiger partial charge in [-0.25, -0.2) is 0 Å². The fourth-order valence-corrected chi connectivity index (χ4v) is 4.72. The van der Waals surface area contributed by atoms with Gasteiger partial charge in [-0.1, -0.05) is 30.3 Å². The molecule has 2 aliphatic heterocycles. The summed E-state index contributed by atoms with van der Waals surface area (Å²) < 4.78 is 0. The number of nitrogens with zero attached hydrogens (tertiary/aromatic N) is 2. The van der Waals surface area contributed by atoms with Gasteiger partial charge in [-0.15, -0.1) is 11.3 Å². The zero-order valence-corrected chi connectivity index (χ0v) is 14.8. The first-order chi connectivity index (χ1) is 11.8. The van der Waals surface area contributed by atoms with Crippen molar-refractivity contribution in [3.05, 3.63) is 57.8 Å². The molecule has 0 unspecified atom stereocenters. The first kappa shape index (κ1) is 15.9. The van der Waals surface area contributed by atoms with E-state index in [0.717, 1.165) is 37.4 Å². The van der Waals surface area contributed by atoms with Crippen molar-refractivity contribution in [1.29, 1.82) is 0 Å². The van der Waals surface area contributed by atoms with Crippen LogP contribution < -0.4 is 0 Å². The summed E-state index contributed by atoms with van der Waals surface area (Å²) in [4.78, 5) is 18.0. The van der Waals surface area contributed by atoms with Gasteiger partial charge >= 0.3 is 0 Å². The highest BCUT2D eigenvalue weighted by Gasteiger charge is 2.28. The largest absolute Gasteiger partial charge is 0.338 e. The molecular weight excluding hydrogens is 316 g/mol. The van der Waals surface area contributed by atoms with E-state index in [0.29, 0.717) is 6.04 Å². The number of likely N-dealkylation sites (tertiary alicyclic amines) is 1. The van der Waals surface area contributed by atoms with Gasteiger partial charge < -0.3 is 4.90 Å². The Kier molecular flexibility index (Phi) is 4.67. The first-order valence-electron chi connectivity index (χ1n) is 8.95. The summed E-state index contributed by atoms with van der Waals surface area (Å²) >= 11 is 1.55. The molecule has 1 aromatic carbocycles. The van der Waals surface area contributed by atoms with Crippen LogP contribution in [0.4, 0.5) is 0 Å². The molecule has 3 heterocycles. The number of piperidine rings is 1. The molecule has 3 nitrogen and oxygen atoms in total. The third-order valence-electron chi connectivity index (χ3n) is 5.38. The number of hydrogen-bond donors (Lipinski definition) is 0. The fourth-order valence-electron chi connectivity index (χ4n) is 4.03. The van der Waals surface area contributed by atoms with Crippen molar-refractivity contribution in [3.8, 4) is 0 Å². The number of carbonyl (C=O) groups excluding carboxylic acids is 1. The van der Waals surface area contributed by atoms with Crippen LogP contribution in [0.25, 0.3) is 0 Å². The molecule has 4 heteroatoms. The van der Waals surface area contributed by atoms with E-state index in [1.165, 1.54) is 30.5 Å². The normalized spacial score (nSPS) is 19.8. The van der Waals surface area contributed by atoms with E-state index in [1.807, 2.05) is 22.4 Å². The van der Waals surface area contributed by atoms with Gasteiger partial charge in [-0.2, -0.15) is 0 Å². The Balaban J connectivity index is 1.38. The van der Waals surface area contributed by atoms with Crippen LogP contribution in [0.2, 0.25) is 0 Å². The smallest absolute Gasteiger partial charge is 0.263 e. The maximum Gasteiger partial charge on any atom is 0.263 e. The van der Waals surface area contributed by atoms with Crippen LogP contribution in [-0.4, -0.2) is 41.4 Å². The standard InChI is InChI=1S/C20H24N2OS/c23-20(19-8-4-14-24-19)21-12-9-18(10-13-21)22-11-3-7-16-5-1-2-6-17(16)15-22/h1-2,4-6,8,14,18H,3,7,9-13,15H2. The Morgan fingerprint density at radius 3 is 2.54 bits per heavy atom. The van der Waals surface area contributed by atoms with Gasteiger partial charge in [0.1, 0.15) is 0 Å². The second kappa shape index (κ2) is 7.08. The summed E-state index contributed by atoms with van der Waals surface area (Å²) in [5.41, 5.74) is 3.01. The highest BCUT2D eigenvalue weighted by molar-refractivity contribution is 7.12. The van der Waals surface area contributed by atoms with E-state index in [2.05, 4.69) is 29.2 Å². The number of benzene rings is 1. The Labute approximate surface area is 147 Å². The lowest BCUT2D eigenvalue weighted by Gasteiger charge is -2.38. The minimum absolute atomic E-state index is 0.213. The van der Waals surface area contributed by atoms with E-state index in [1.54, 1.807) is 11.3 Å². The molecule has 1 amide bonds. The van der Waals surface area contributed by atoms with Crippen molar-refractivity contribution in [2.24, 2.45) is 0 Å². The molecule has 2 aromatic rings. The van der Waals surface area contributed by atoms with Crippen LogP contribution in [0, 0.1) is 0 Å². The Hall–Kier alpha value is -1.65. The molecular formula is C20H24N2OS. The average Bonchev–Trinajstić information content (AvgIpc) is 3.08. The Morgan fingerprint density at radius 2 is 1.79 bits per heavy atom. The highest BCUT2D eigenvalue weighted by Crippen LogP contribution is 2.25. The quantitative estimate of drug-likeness (QED) is 0.830. The van der Waals surface area contributed by atoms with Gasteiger partial charge in [0.2, 0.25) is 0 Å². The monoisotopic (exact) mass is 340 g/mol. The van der Waals surface area contributed by atoms with Crippen LogP contribution in [0.3, 0.4) is 0 Å². The molecule has 1 fully saturated rings. The zero-order valence-electron chi connectivity index (χ0n) is 14.0. The number of amides is 1. The van der Waals surface area contributed by atoms with Crippen molar-refractivity contribution >= 4 is 17.2 Å². The number of rotatable bonds is 2. The van der Waals surface area contributed by atoms with Gasteiger partial charge in [-0.3, -0.25) is 9.69 Å². The van der Waals surface area contributed by atoms with Gasteiger partial charge in [-0.05, 0) is 54.8 Å². The fraction of sp³-hybridized carbons (Fsp3) is 0.450. The summed E-state index contributed by atoms with van der Waals surface area (Å²) in [6.45, 7) is 4.02. The molecule has 0 radical (unpaired) electrons. The zero-order chi connectivity index (χ0) is 16.4. The predicted octanol–water partition coefficient (Wildman–Crippen LogP) is 3.80. The van der Waals surface area contributed by atoms with Crippen molar-refractivity contribution in [2.75, 3.05) is 19.6 Å². The van der Waals surface area contributed by atoms with Crippen molar-refractivity contribution < 1.29 is 4.79 Å². The molecule has 0 saturated carbocycles. The molecule has 0 aliphatic carbocycles. The van der Waals surface area contributed by atoms with Crippen LogP contribution in [0.5, 0.6) is 0 Å². The summed E-state index contributed by atoms with van der Waals surface area (Å²) in [6.07, 6.45) is 4.63. The molecule has 0 N–H and O–H groups in total. The first-order valence-corrected chi connectivity index (χ1v) is 9.83. The lowest BCUT2D eigenvalue weighted by Crippen LogP contribution is -2.46. The van der Waals surface area contributed by atoms with Gasteiger partial charge in [0, 0.05) is 25.7 Å². The molecule has 0 atom stereocenters. The lowest BCUT2D eigenvalue weighted by molar-refractivity contribution is 0.0614. The lowest BCUT2D eigenvalue weighted by atomic mass is 10.0. The summed E-state index contributed by atoms with van der Waals surface area (Å²) in [5.74, 6) is 0.213. The second-order valence-corrected chi connectivity index (χ2v) is 7.79. The van der Waals surface area contributed by atoms with Crippen molar-refractivity contribution in [3.63, 3.8) is 0 Å². The van der Waals surface area contributed by atoms with E-state index in [-0.39, 0.29) is 5.91 Å². The number of hydrogen-bond acceptors (Lipinski definition) is 3. The average molecular weight is 340 g/mol. The minimum Gasteiger partial charge on any atom is -0.338 e. The molecule has 1 aromatic heterocycles. The van der Waals surface area contributed by atoms with E-state index >= 15 is 0 Å². The van der Waals surface area contributed by atoms with Crippen LogP contribution in [-0.2, 0) is 13.0 Å². The van der Waals surface area contributed by atoms with Crippen LogP contribution in [0.1, 0.15) is 40.1 Å². The van der Waals surface area contributed by atoms with E-state index in [4.69, 9.17) is 0 Å².